The molecule has 5 nitrogen and oxygen atoms in total. The summed E-state index contributed by atoms with van der Waals surface area (Å²) in [6.45, 7) is 6.68. The number of amides is 2. The molecule has 0 saturated carbocycles. The Bertz CT molecular complexity index is 962. The minimum atomic E-state index is -0.508. The van der Waals surface area contributed by atoms with E-state index in [0.29, 0.717) is 16.5 Å². The third kappa shape index (κ3) is 4.82. The van der Waals surface area contributed by atoms with Crippen LogP contribution in [0.3, 0.4) is 0 Å². The third-order valence-electron chi connectivity index (χ3n) is 5.30. The third-order valence-corrected chi connectivity index (χ3v) is 6.67. The molecule has 29 heavy (non-hydrogen) atoms. The fraction of sp³-hybridized carbons (Fsp3) is 0.381. The molecule has 0 radical (unpaired) electrons. The maximum Gasteiger partial charge on any atom is 0.257 e. The fourth-order valence-electron chi connectivity index (χ4n) is 3.58. The van der Waals surface area contributed by atoms with Gasteiger partial charge in [0.25, 0.3) is 11.8 Å². The number of nitrogens with two attached hydrogens (primary N) is 1. The van der Waals surface area contributed by atoms with Crippen molar-refractivity contribution in [3.05, 3.63) is 51.7 Å². The predicted octanol–water partition coefficient (Wildman–Crippen LogP) is 4.26. The summed E-state index contributed by atoms with van der Waals surface area (Å²) in [5.74, 6) is -0.873. The van der Waals surface area contributed by atoms with Gasteiger partial charge in [0.2, 0.25) is 0 Å². The highest BCUT2D eigenvalue weighted by Crippen LogP contribution is 2.44. The molecule has 1 aromatic heterocycles. The molecule has 154 valence electrons. The number of nitrogens with one attached hydrogen (secondary N) is 2. The van der Waals surface area contributed by atoms with Gasteiger partial charge in [0.1, 0.15) is 10.8 Å². The van der Waals surface area contributed by atoms with Crippen molar-refractivity contribution in [3.8, 4) is 0 Å². The lowest BCUT2D eigenvalue weighted by Crippen LogP contribution is -2.34. The summed E-state index contributed by atoms with van der Waals surface area (Å²) in [4.78, 5) is 25.5. The van der Waals surface area contributed by atoms with Gasteiger partial charge in [-0.3, -0.25) is 14.9 Å². The van der Waals surface area contributed by atoms with Gasteiger partial charge in [-0.05, 0) is 72.6 Å². The predicted molar refractivity (Wildman–Crippen MR) is 118 cm³/mol. The van der Waals surface area contributed by atoms with Crippen LogP contribution in [0.4, 0.5) is 9.39 Å². The van der Waals surface area contributed by atoms with E-state index in [1.165, 1.54) is 35.6 Å². The van der Waals surface area contributed by atoms with Gasteiger partial charge < -0.3 is 11.1 Å². The molecular formula is C21H24FN3O2S2. The molecule has 3 rings (SSSR count). The van der Waals surface area contributed by atoms with Crippen LogP contribution in [0.2, 0.25) is 0 Å². The number of thiocarbonyl (C=S) groups is 1. The molecule has 0 bridgehead atoms. The molecule has 2 amide bonds. The first-order valence-corrected chi connectivity index (χ1v) is 10.6. The number of primary amides is 1. The average molecular weight is 434 g/mol. The summed E-state index contributed by atoms with van der Waals surface area (Å²) in [6, 6.07) is 5.16. The first kappa shape index (κ1) is 21.4. The molecule has 0 saturated heterocycles. The van der Waals surface area contributed by atoms with Crippen molar-refractivity contribution < 1.29 is 14.0 Å². The Hall–Kier alpha value is -2.32. The Morgan fingerprint density at radius 1 is 1.24 bits per heavy atom. The minimum absolute atomic E-state index is 0.0628. The lowest BCUT2D eigenvalue weighted by atomic mass is 9.72. The molecule has 0 aliphatic heterocycles. The van der Waals surface area contributed by atoms with Gasteiger partial charge in [-0.25, -0.2) is 4.39 Å². The van der Waals surface area contributed by atoms with E-state index >= 15 is 0 Å². The van der Waals surface area contributed by atoms with Gasteiger partial charge in [0.15, 0.2) is 5.11 Å². The van der Waals surface area contributed by atoms with Crippen LogP contribution in [0.1, 0.15) is 58.3 Å². The van der Waals surface area contributed by atoms with Crippen LogP contribution in [-0.2, 0) is 12.8 Å². The molecule has 1 aliphatic rings. The second kappa shape index (κ2) is 8.20. The topological polar surface area (TPSA) is 84.2 Å². The zero-order valence-electron chi connectivity index (χ0n) is 16.6. The summed E-state index contributed by atoms with van der Waals surface area (Å²) < 4.78 is 13.0. The van der Waals surface area contributed by atoms with Crippen molar-refractivity contribution in [2.75, 3.05) is 5.32 Å². The van der Waals surface area contributed by atoms with E-state index in [0.717, 1.165) is 29.7 Å². The molecule has 1 atom stereocenters. The second-order valence-corrected chi connectivity index (χ2v) is 9.81. The van der Waals surface area contributed by atoms with Gasteiger partial charge in [0, 0.05) is 10.4 Å². The lowest BCUT2D eigenvalue weighted by Gasteiger charge is -2.33. The van der Waals surface area contributed by atoms with Crippen molar-refractivity contribution in [1.82, 2.24) is 5.32 Å². The minimum Gasteiger partial charge on any atom is -0.365 e. The van der Waals surface area contributed by atoms with E-state index in [-0.39, 0.29) is 16.1 Å². The van der Waals surface area contributed by atoms with Gasteiger partial charge >= 0.3 is 0 Å². The summed E-state index contributed by atoms with van der Waals surface area (Å²) in [6.07, 6.45) is 2.68. The zero-order valence-corrected chi connectivity index (χ0v) is 18.2. The molecule has 0 unspecified atom stereocenters. The molecule has 1 aliphatic carbocycles. The summed E-state index contributed by atoms with van der Waals surface area (Å²) in [7, 11) is 0. The molecule has 8 heteroatoms. The van der Waals surface area contributed by atoms with E-state index in [9.17, 15) is 14.0 Å². The smallest absolute Gasteiger partial charge is 0.257 e. The van der Waals surface area contributed by atoms with Gasteiger partial charge in [-0.1, -0.05) is 20.8 Å². The maximum atomic E-state index is 13.0. The number of carbonyl (C=O) groups excluding carboxylic acids is 2. The van der Waals surface area contributed by atoms with Crippen molar-refractivity contribution in [1.29, 1.82) is 0 Å². The number of fused-ring (bicyclic) bond motifs is 1. The SMILES string of the molecule is CC(C)(C)[C@@H]1CCc2c(sc(NC(=S)NC(=O)c3ccc(F)cc3)c2C(N)=O)C1. The van der Waals surface area contributed by atoms with Crippen LogP contribution in [0, 0.1) is 17.2 Å². The summed E-state index contributed by atoms with van der Waals surface area (Å²) in [5, 5.41) is 6.13. The summed E-state index contributed by atoms with van der Waals surface area (Å²) >= 11 is 6.71. The molecule has 1 aromatic carbocycles. The van der Waals surface area contributed by atoms with Gasteiger partial charge in [0.05, 0.1) is 5.56 Å². The molecular weight excluding hydrogens is 409 g/mol. The van der Waals surface area contributed by atoms with Crippen LogP contribution in [0.25, 0.3) is 0 Å². The highest BCUT2D eigenvalue weighted by molar-refractivity contribution is 7.80. The highest BCUT2D eigenvalue weighted by atomic mass is 32.1. The zero-order chi connectivity index (χ0) is 21.3. The molecule has 0 spiro atoms. The number of thiophene rings is 1. The lowest BCUT2D eigenvalue weighted by molar-refractivity contribution is 0.0975. The quantitative estimate of drug-likeness (QED) is 0.632. The number of hydrogen-bond donors (Lipinski definition) is 3. The number of carbonyl (C=O) groups is 2. The average Bonchev–Trinajstić information content (AvgIpc) is 2.98. The van der Waals surface area contributed by atoms with Gasteiger partial charge in [-0.15, -0.1) is 11.3 Å². The van der Waals surface area contributed by atoms with Crippen LogP contribution in [0.15, 0.2) is 24.3 Å². The van der Waals surface area contributed by atoms with E-state index in [2.05, 4.69) is 31.4 Å². The van der Waals surface area contributed by atoms with Crippen LogP contribution in [-0.4, -0.2) is 16.9 Å². The number of rotatable bonds is 3. The molecule has 1 heterocycles. The van der Waals surface area contributed by atoms with Gasteiger partial charge in [-0.2, -0.15) is 0 Å². The first-order chi connectivity index (χ1) is 13.6. The Morgan fingerprint density at radius 2 is 1.90 bits per heavy atom. The van der Waals surface area contributed by atoms with Crippen LogP contribution < -0.4 is 16.4 Å². The van der Waals surface area contributed by atoms with E-state index in [1.807, 2.05) is 0 Å². The Labute approximate surface area is 178 Å². The van der Waals surface area contributed by atoms with Crippen molar-refractivity contribution >= 4 is 45.5 Å². The number of anilines is 1. The van der Waals surface area contributed by atoms with E-state index < -0.39 is 17.6 Å². The maximum absolute atomic E-state index is 13.0. The van der Waals surface area contributed by atoms with E-state index in [1.54, 1.807) is 0 Å². The van der Waals surface area contributed by atoms with Crippen LogP contribution in [0.5, 0.6) is 0 Å². The Balaban J connectivity index is 1.77. The Morgan fingerprint density at radius 3 is 2.48 bits per heavy atom. The largest absolute Gasteiger partial charge is 0.365 e. The molecule has 4 N–H and O–H groups in total. The normalized spacial score (nSPS) is 16.1. The second-order valence-electron chi connectivity index (χ2n) is 8.29. The van der Waals surface area contributed by atoms with Crippen molar-refractivity contribution in [3.63, 3.8) is 0 Å². The molecule has 2 aromatic rings. The summed E-state index contributed by atoms with van der Waals surface area (Å²) in [5.41, 5.74) is 7.55. The highest BCUT2D eigenvalue weighted by Gasteiger charge is 2.33. The molecule has 0 fully saturated rings. The number of halogens is 1. The van der Waals surface area contributed by atoms with E-state index in [4.69, 9.17) is 18.0 Å². The first-order valence-electron chi connectivity index (χ1n) is 9.38. The Kier molecular flexibility index (Phi) is 6.05. The fourth-order valence-corrected chi connectivity index (χ4v) is 5.18. The standard InChI is InChI=1S/C21H24FN3O2S2/c1-21(2,3)12-6-9-14-15(10-12)29-19(16(14)17(23)26)25-20(28)24-18(27)11-4-7-13(22)8-5-11/h4-5,7-8,12H,6,9-10H2,1-3H3,(H2,23,26)(H2,24,25,27,28)/t12-/m1/s1. The number of benzene rings is 1. The van der Waals surface area contributed by atoms with Crippen molar-refractivity contribution in [2.45, 2.75) is 40.0 Å². The van der Waals surface area contributed by atoms with Crippen molar-refractivity contribution in [2.24, 2.45) is 17.1 Å². The van der Waals surface area contributed by atoms with Crippen LogP contribution >= 0.6 is 23.6 Å². The monoisotopic (exact) mass is 433 g/mol. The number of hydrogen-bond acceptors (Lipinski definition) is 4.